The molecular formula is C21H25ClN2O5S. The predicted octanol–water partition coefficient (Wildman–Crippen LogP) is 3.22. The summed E-state index contributed by atoms with van der Waals surface area (Å²) in [7, 11) is -0.944. The van der Waals surface area contributed by atoms with Crippen LogP contribution < -0.4 is 14.8 Å². The first-order valence-corrected chi connectivity index (χ1v) is 11.4. The highest BCUT2D eigenvalue weighted by atomic mass is 35.5. The maximum atomic E-state index is 13.6. The molecule has 1 aliphatic heterocycles. The fraction of sp³-hybridized carbons (Fsp3) is 0.381. The Morgan fingerprint density at radius 2 is 1.87 bits per heavy atom. The van der Waals surface area contributed by atoms with E-state index in [1.54, 1.807) is 30.3 Å². The number of carbonyl (C=O) groups excluding carboxylic acids is 1. The summed E-state index contributed by atoms with van der Waals surface area (Å²) in [5, 5.41) is 3.13. The Hall–Kier alpha value is -2.29. The summed E-state index contributed by atoms with van der Waals surface area (Å²) in [6.45, 7) is 0.546. The molecule has 1 heterocycles. The third kappa shape index (κ3) is 4.88. The van der Waals surface area contributed by atoms with Crippen LogP contribution in [0, 0.1) is 0 Å². The molecule has 1 aliphatic rings. The van der Waals surface area contributed by atoms with Crippen molar-refractivity contribution in [2.45, 2.75) is 36.7 Å². The van der Waals surface area contributed by atoms with Crippen LogP contribution in [0.25, 0.3) is 0 Å². The van der Waals surface area contributed by atoms with E-state index in [9.17, 15) is 13.2 Å². The number of sulfonamides is 1. The SMILES string of the molecule is COc1ccc(CN(C2CCCCNC2=O)S(=O)(=O)c2cccc(Cl)c2)cc1OC. The van der Waals surface area contributed by atoms with Gasteiger partial charge in [-0.15, -0.1) is 0 Å². The van der Waals surface area contributed by atoms with Crippen LogP contribution in [0.1, 0.15) is 24.8 Å². The molecule has 0 saturated carbocycles. The van der Waals surface area contributed by atoms with Gasteiger partial charge in [-0.2, -0.15) is 4.31 Å². The number of hydrogen-bond donors (Lipinski definition) is 1. The lowest BCUT2D eigenvalue weighted by atomic mass is 10.1. The van der Waals surface area contributed by atoms with Gasteiger partial charge in [-0.25, -0.2) is 8.42 Å². The van der Waals surface area contributed by atoms with E-state index in [4.69, 9.17) is 21.1 Å². The largest absolute Gasteiger partial charge is 0.493 e. The lowest BCUT2D eigenvalue weighted by Crippen LogP contribution is -2.48. The van der Waals surface area contributed by atoms with E-state index in [0.29, 0.717) is 35.1 Å². The first-order chi connectivity index (χ1) is 14.4. The minimum Gasteiger partial charge on any atom is -0.493 e. The summed E-state index contributed by atoms with van der Waals surface area (Å²) >= 11 is 6.04. The smallest absolute Gasteiger partial charge is 0.244 e. The molecule has 1 fully saturated rings. The van der Waals surface area contributed by atoms with Gasteiger partial charge in [0, 0.05) is 18.1 Å². The van der Waals surface area contributed by atoms with E-state index in [1.807, 2.05) is 0 Å². The average molecular weight is 453 g/mol. The van der Waals surface area contributed by atoms with Crippen molar-refractivity contribution in [1.82, 2.24) is 9.62 Å². The molecule has 9 heteroatoms. The molecule has 1 saturated heterocycles. The summed E-state index contributed by atoms with van der Waals surface area (Å²) in [5.74, 6) is 0.733. The maximum Gasteiger partial charge on any atom is 0.244 e. The van der Waals surface area contributed by atoms with Gasteiger partial charge in [0.15, 0.2) is 11.5 Å². The van der Waals surface area contributed by atoms with Crippen molar-refractivity contribution in [3.05, 3.63) is 53.1 Å². The molecule has 0 radical (unpaired) electrons. The van der Waals surface area contributed by atoms with Crippen LogP contribution >= 0.6 is 11.6 Å². The summed E-state index contributed by atoms with van der Waals surface area (Å²) < 4.78 is 39.0. The molecule has 0 spiro atoms. The fourth-order valence-corrected chi connectivity index (χ4v) is 5.39. The highest BCUT2D eigenvalue weighted by molar-refractivity contribution is 7.89. The predicted molar refractivity (Wildman–Crippen MR) is 114 cm³/mol. The van der Waals surface area contributed by atoms with Gasteiger partial charge in [0.1, 0.15) is 6.04 Å². The Bertz CT molecular complexity index is 1010. The molecular weight excluding hydrogens is 428 g/mol. The molecule has 162 valence electrons. The molecule has 1 amide bonds. The lowest BCUT2D eigenvalue weighted by molar-refractivity contribution is -0.124. The molecule has 1 N–H and O–H groups in total. The van der Waals surface area contributed by atoms with Gasteiger partial charge >= 0.3 is 0 Å². The molecule has 0 aliphatic carbocycles. The summed E-state index contributed by atoms with van der Waals surface area (Å²) in [6, 6.07) is 10.4. The van der Waals surface area contributed by atoms with E-state index in [-0.39, 0.29) is 17.3 Å². The zero-order valence-corrected chi connectivity index (χ0v) is 18.5. The zero-order chi connectivity index (χ0) is 21.7. The number of rotatable bonds is 7. The van der Waals surface area contributed by atoms with Crippen LogP contribution in [0.15, 0.2) is 47.4 Å². The standard InChI is InChI=1S/C21H25ClN2O5S/c1-28-19-10-9-15(12-20(19)29-2)14-24(18-8-3-4-11-23-21(18)25)30(26,27)17-7-5-6-16(22)13-17/h5-7,9-10,12-13,18H,3-4,8,11,14H2,1-2H3,(H,23,25). The highest BCUT2D eigenvalue weighted by Crippen LogP contribution is 2.31. The third-order valence-corrected chi connectivity index (χ3v) is 7.13. The van der Waals surface area contributed by atoms with E-state index in [1.165, 1.54) is 30.7 Å². The first kappa shape index (κ1) is 22.4. The molecule has 3 rings (SSSR count). The van der Waals surface area contributed by atoms with Gasteiger partial charge < -0.3 is 14.8 Å². The normalized spacial score (nSPS) is 17.3. The second kappa shape index (κ2) is 9.68. The van der Waals surface area contributed by atoms with Crippen molar-refractivity contribution in [2.75, 3.05) is 20.8 Å². The second-order valence-corrected chi connectivity index (χ2v) is 9.33. The van der Waals surface area contributed by atoms with E-state index in [0.717, 1.165) is 12.8 Å². The minimum atomic E-state index is -3.99. The molecule has 1 atom stereocenters. The van der Waals surface area contributed by atoms with Crippen molar-refractivity contribution < 1.29 is 22.7 Å². The van der Waals surface area contributed by atoms with E-state index < -0.39 is 16.1 Å². The van der Waals surface area contributed by atoms with E-state index >= 15 is 0 Å². The molecule has 1 unspecified atom stereocenters. The van der Waals surface area contributed by atoms with Crippen LogP contribution in [0.2, 0.25) is 5.02 Å². The number of amides is 1. The molecule has 2 aromatic carbocycles. The van der Waals surface area contributed by atoms with Crippen molar-refractivity contribution in [2.24, 2.45) is 0 Å². The zero-order valence-electron chi connectivity index (χ0n) is 16.9. The monoisotopic (exact) mass is 452 g/mol. The van der Waals surface area contributed by atoms with Crippen molar-refractivity contribution in [3.8, 4) is 11.5 Å². The molecule has 30 heavy (non-hydrogen) atoms. The topological polar surface area (TPSA) is 84.9 Å². The van der Waals surface area contributed by atoms with Crippen LogP contribution in [0.3, 0.4) is 0 Å². The number of halogens is 1. The fourth-order valence-electron chi connectivity index (χ4n) is 3.48. The van der Waals surface area contributed by atoms with Crippen LogP contribution in [-0.2, 0) is 21.4 Å². The summed E-state index contributed by atoms with van der Waals surface area (Å²) in [6.07, 6.45) is 2.00. The molecule has 0 aromatic heterocycles. The molecule has 7 nitrogen and oxygen atoms in total. The Balaban J connectivity index is 2.04. The number of carbonyl (C=O) groups is 1. The van der Waals surface area contributed by atoms with Crippen molar-refractivity contribution in [3.63, 3.8) is 0 Å². The highest BCUT2D eigenvalue weighted by Gasteiger charge is 2.36. The first-order valence-electron chi connectivity index (χ1n) is 9.63. The second-order valence-electron chi connectivity index (χ2n) is 7.00. The Morgan fingerprint density at radius 1 is 1.10 bits per heavy atom. The number of benzene rings is 2. The third-order valence-electron chi connectivity index (χ3n) is 5.04. The van der Waals surface area contributed by atoms with Gasteiger partial charge in [-0.1, -0.05) is 23.7 Å². The quantitative estimate of drug-likeness (QED) is 0.697. The minimum absolute atomic E-state index is 0.00723. The van der Waals surface area contributed by atoms with Gasteiger partial charge in [0.25, 0.3) is 0 Å². The number of methoxy groups -OCH3 is 2. The maximum absolute atomic E-state index is 13.6. The Labute approximate surface area is 182 Å². The van der Waals surface area contributed by atoms with Crippen molar-refractivity contribution in [1.29, 1.82) is 0 Å². The van der Waals surface area contributed by atoms with Gasteiger partial charge in [-0.05, 0) is 55.2 Å². The van der Waals surface area contributed by atoms with Gasteiger partial charge in [0.05, 0.1) is 19.1 Å². The summed E-state index contributed by atoms with van der Waals surface area (Å²) in [4.78, 5) is 12.8. The average Bonchev–Trinajstić information content (AvgIpc) is 2.95. The van der Waals surface area contributed by atoms with Crippen LogP contribution in [0.4, 0.5) is 0 Å². The number of nitrogens with zero attached hydrogens (tertiary/aromatic N) is 1. The number of ether oxygens (including phenoxy) is 2. The van der Waals surface area contributed by atoms with Crippen molar-refractivity contribution >= 4 is 27.5 Å². The number of nitrogens with one attached hydrogen (secondary N) is 1. The molecule has 0 bridgehead atoms. The summed E-state index contributed by atoms with van der Waals surface area (Å²) in [5.41, 5.74) is 0.676. The molecule has 2 aromatic rings. The Kier molecular flexibility index (Phi) is 7.23. The Morgan fingerprint density at radius 3 is 2.57 bits per heavy atom. The van der Waals surface area contributed by atoms with Gasteiger partial charge in [-0.3, -0.25) is 4.79 Å². The van der Waals surface area contributed by atoms with E-state index in [2.05, 4.69) is 5.32 Å². The van der Waals surface area contributed by atoms with Crippen LogP contribution in [-0.4, -0.2) is 45.4 Å². The lowest BCUT2D eigenvalue weighted by Gasteiger charge is -2.29. The number of hydrogen-bond acceptors (Lipinski definition) is 5. The van der Waals surface area contributed by atoms with Crippen LogP contribution in [0.5, 0.6) is 11.5 Å². The van der Waals surface area contributed by atoms with Gasteiger partial charge in [0.2, 0.25) is 15.9 Å².